The van der Waals surface area contributed by atoms with Crippen molar-refractivity contribution in [3.8, 4) is 12.3 Å². The quantitative estimate of drug-likeness (QED) is 0.374. The average Bonchev–Trinajstić information content (AvgIpc) is 2.17. The SMILES string of the molecule is C#CC(CCCCC)OC(=O)OCC. The Hall–Kier alpha value is -1.17. The van der Waals surface area contributed by atoms with E-state index in [9.17, 15) is 4.79 Å². The van der Waals surface area contributed by atoms with Crippen molar-refractivity contribution in [1.29, 1.82) is 0 Å². The monoisotopic (exact) mass is 198 g/mol. The van der Waals surface area contributed by atoms with Crippen LogP contribution in [0.15, 0.2) is 0 Å². The Balaban J connectivity index is 3.68. The van der Waals surface area contributed by atoms with Gasteiger partial charge in [0.25, 0.3) is 0 Å². The van der Waals surface area contributed by atoms with E-state index in [1.807, 2.05) is 0 Å². The highest BCUT2D eigenvalue weighted by Gasteiger charge is 2.11. The van der Waals surface area contributed by atoms with Crippen LogP contribution in [0.3, 0.4) is 0 Å². The lowest BCUT2D eigenvalue weighted by Gasteiger charge is -2.11. The van der Waals surface area contributed by atoms with E-state index in [0.717, 1.165) is 19.3 Å². The van der Waals surface area contributed by atoms with Crippen LogP contribution in [0.25, 0.3) is 0 Å². The Bertz CT molecular complexity index is 193. The predicted octanol–water partition coefficient (Wildman–Crippen LogP) is 2.74. The van der Waals surface area contributed by atoms with Gasteiger partial charge in [0.15, 0.2) is 6.10 Å². The van der Waals surface area contributed by atoms with Gasteiger partial charge in [0.05, 0.1) is 6.61 Å². The van der Waals surface area contributed by atoms with Crippen molar-refractivity contribution in [2.24, 2.45) is 0 Å². The second kappa shape index (κ2) is 8.43. The molecule has 0 aromatic rings. The third kappa shape index (κ3) is 6.36. The van der Waals surface area contributed by atoms with Crippen molar-refractivity contribution in [3.63, 3.8) is 0 Å². The Kier molecular flexibility index (Phi) is 7.72. The van der Waals surface area contributed by atoms with Crippen LogP contribution in [0.4, 0.5) is 4.79 Å². The smallest absolute Gasteiger partial charge is 0.435 e. The zero-order valence-electron chi connectivity index (χ0n) is 8.91. The van der Waals surface area contributed by atoms with Gasteiger partial charge in [-0.25, -0.2) is 4.79 Å². The van der Waals surface area contributed by atoms with Crippen molar-refractivity contribution in [2.45, 2.75) is 45.6 Å². The molecule has 0 aromatic heterocycles. The molecular formula is C11H18O3. The maximum absolute atomic E-state index is 10.9. The normalized spacial score (nSPS) is 11.5. The number of ether oxygens (including phenoxy) is 2. The molecule has 0 bridgehead atoms. The molecule has 0 rings (SSSR count). The number of carbonyl (C=O) groups excluding carboxylic acids is 1. The van der Waals surface area contributed by atoms with Crippen molar-refractivity contribution in [3.05, 3.63) is 0 Å². The molecule has 0 aliphatic heterocycles. The van der Waals surface area contributed by atoms with Crippen LogP contribution in [-0.2, 0) is 9.47 Å². The zero-order valence-corrected chi connectivity index (χ0v) is 8.91. The standard InChI is InChI=1S/C11H18O3/c1-4-7-8-9-10(5-2)14-11(12)13-6-3/h2,10H,4,6-9H2,1,3H3. The number of terminal acetylenes is 1. The first-order chi connectivity index (χ1) is 6.74. The van der Waals surface area contributed by atoms with Crippen LogP contribution in [0, 0.1) is 12.3 Å². The molecule has 3 heteroatoms. The largest absolute Gasteiger partial charge is 0.509 e. The fraction of sp³-hybridized carbons (Fsp3) is 0.727. The molecule has 0 aliphatic carbocycles. The highest BCUT2D eigenvalue weighted by Crippen LogP contribution is 2.06. The molecule has 1 atom stereocenters. The molecule has 0 radical (unpaired) electrons. The molecule has 0 aromatic carbocycles. The lowest BCUT2D eigenvalue weighted by Crippen LogP contribution is -2.17. The third-order valence-electron chi connectivity index (χ3n) is 1.76. The fourth-order valence-corrected chi connectivity index (χ4v) is 1.02. The molecule has 3 nitrogen and oxygen atoms in total. The highest BCUT2D eigenvalue weighted by molar-refractivity contribution is 5.60. The zero-order chi connectivity index (χ0) is 10.8. The van der Waals surface area contributed by atoms with Gasteiger partial charge >= 0.3 is 6.16 Å². The molecular weight excluding hydrogens is 180 g/mol. The summed E-state index contributed by atoms with van der Waals surface area (Å²) in [4.78, 5) is 10.9. The molecule has 0 heterocycles. The minimum atomic E-state index is -0.674. The van der Waals surface area contributed by atoms with Gasteiger partial charge in [0, 0.05) is 0 Å². The van der Waals surface area contributed by atoms with E-state index < -0.39 is 12.3 Å². The summed E-state index contributed by atoms with van der Waals surface area (Å²) in [7, 11) is 0. The molecule has 14 heavy (non-hydrogen) atoms. The van der Waals surface area contributed by atoms with Crippen LogP contribution >= 0.6 is 0 Å². The van der Waals surface area contributed by atoms with Gasteiger partial charge in [0.1, 0.15) is 0 Å². The molecule has 0 N–H and O–H groups in total. The van der Waals surface area contributed by atoms with E-state index >= 15 is 0 Å². The summed E-state index contributed by atoms with van der Waals surface area (Å²) in [6, 6.07) is 0. The molecule has 0 saturated heterocycles. The average molecular weight is 198 g/mol. The minimum Gasteiger partial charge on any atom is -0.435 e. The van der Waals surface area contributed by atoms with Crippen molar-refractivity contribution < 1.29 is 14.3 Å². The molecule has 1 unspecified atom stereocenters. The van der Waals surface area contributed by atoms with Gasteiger partial charge in [-0.2, -0.15) is 0 Å². The summed E-state index contributed by atoms with van der Waals surface area (Å²) in [5.41, 5.74) is 0. The van der Waals surface area contributed by atoms with Crippen LogP contribution in [0.2, 0.25) is 0 Å². The summed E-state index contributed by atoms with van der Waals surface area (Å²) < 4.78 is 9.51. The number of unbranched alkanes of at least 4 members (excludes halogenated alkanes) is 2. The van der Waals surface area contributed by atoms with Crippen molar-refractivity contribution in [2.75, 3.05) is 6.61 Å². The molecule has 0 aliphatic rings. The second-order valence-corrected chi connectivity index (χ2v) is 2.95. The minimum absolute atomic E-state index is 0.311. The third-order valence-corrected chi connectivity index (χ3v) is 1.76. The van der Waals surface area contributed by atoms with Crippen LogP contribution < -0.4 is 0 Å². The van der Waals surface area contributed by atoms with Gasteiger partial charge in [-0.15, -0.1) is 6.42 Å². The Morgan fingerprint density at radius 3 is 2.64 bits per heavy atom. The lowest BCUT2D eigenvalue weighted by atomic mass is 10.1. The van der Waals surface area contributed by atoms with E-state index in [4.69, 9.17) is 11.2 Å². The Morgan fingerprint density at radius 1 is 1.43 bits per heavy atom. The first-order valence-corrected chi connectivity index (χ1v) is 5.04. The maximum Gasteiger partial charge on any atom is 0.509 e. The van der Waals surface area contributed by atoms with Crippen LogP contribution in [-0.4, -0.2) is 18.9 Å². The van der Waals surface area contributed by atoms with E-state index in [2.05, 4.69) is 17.6 Å². The number of rotatable bonds is 6. The van der Waals surface area contributed by atoms with E-state index in [-0.39, 0.29) is 0 Å². The van der Waals surface area contributed by atoms with Gasteiger partial charge in [0.2, 0.25) is 0 Å². The van der Waals surface area contributed by atoms with Gasteiger partial charge in [-0.3, -0.25) is 0 Å². The highest BCUT2D eigenvalue weighted by atomic mass is 16.7. The molecule has 0 fully saturated rings. The van der Waals surface area contributed by atoms with E-state index in [0.29, 0.717) is 13.0 Å². The Labute approximate surface area is 85.8 Å². The van der Waals surface area contributed by atoms with Gasteiger partial charge < -0.3 is 9.47 Å². The van der Waals surface area contributed by atoms with Crippen molar-refractivity contribution >= 4 is 6.16 Å². The Morgan fingerprint density at radius 2 is 2.14 bits per heavy atom. The van der Waals surface area contributed by atoms with Crippen LogP contribution in [0.5, 0.6) is 0 Å². The number of hydrogen-bond acceptors (Lipinski definition) is 3. The number of carbonyl (C=O) groups is 1. The first-order valence-electron chi connectivity index (χ1n) is 5.04. The van der Waals surface area contributed by atoms with Gasteiger partial charge in [-0.05, 0) is 19.8 Å². The molecule has 0 amide bonds. The van der Waals surface area contributed by atoms with Crippen LogP contribution in [0.1, 0.15) is 39.5 Å². The predicted molar refractivity (Wildman–Crippen MR) is 54.9 cm³/mol. The summed E-state index contributed by atoms with van der Waals surface area (Å²) >= 11 is 0. The lowest BCUT2D eigenvalue weighted by molar-refractivity contribution is 0.0403. The number of hydrogen-bond donors (Lipinski definition) is 0. The van der Waals surface area contributed by atoms with E-state index in [1.165, 1.54) is 0 Å². The maximum atomic E-state index is 10.9. The molecule has 0 spiro atoms. The first kappa shape index (κ1) is 12.8. The van der Waals surface area contributed by atoms with E-state index in [1.54, 1.807) is 6.92 Å². The van der Waals surface area contributed by atoms with Gasteiger partial charge in [-0.1, -0.05) is 25.7 Å². The summed E-state index contributed by atoms with van der Waals surface area (Å²) in [6.07, 6.45) is 8.01. The second-order valence-electron chi connectivity index (χ2n) is 2.95. The summed E-state index contributed by atoms with van der Waals surface area (Å²) in [5, 5.41) is 0. The summed E-state index contributed by atoms with van der Waals surface area (Å²) in [5.74, 6) is 2.43. The molecule has 80 valence electrons. The fourth-order valence-electron chi connectivity index (χ4n) is 1.02. The topological polar surface area (TPSA) is 35.5 Å². The van der Waals surface area contributed by atoms with Crippen molar-refractivity contribution in [1.82, 2.24) is 0 Å². The summed E-state index contributed by atoms with van der Waals surface area (Å²) in [6.45, 7) is 4.14. The molecule has 0 saturated carbocycles.